The lowest BCUT2D eigenvalue weighted by Crippen LogP contribution is -2.47. The van der Waals surface area contributed by atoms with E-state index in [2.05, 4.69) is 10.6 Å². The zero-order valence-corrected chi connectivity index (χ0v) is 11.2. The lowest BCUT2D eigenvalue weighted by Gasteiger charge is -2.22. The molecule has 1 atom stereocenters. The molecule has 1 amide bonds. The molecule has 1 saturated heterocycles. The number of carbonyl (C=O) groups is 1. The highest BCUT2D eigenvalue weighted by Gasteiger charge is 2.21. The topological polar surface area (TPSA) is 93.5 Å². The molecule has 20 heavy (non-hydrogen) atoms. The monoisotopic (exact) mass is 279 g/mol. The van der Waals surface area contributed by atoms with Crippen LogP contribution in [0.4, 0.5) is 5.69 Å². The molecule has 0 radical (unpaired) electrons. The molecule has 0 aromatic heterocycles. The SMILES string of the molecule is COc1cc(CNC2CCCNC2=O)cc([N+](=O)[O-])c1. The van der Waals surface area contributed by atoms with E-state index < -0.39 is 4.92 Å². The first-order valence-corrected chi connectivity index (χ1v) is 6.43. The molecular weight excluding hydrogens is 262 g/mol. The van der Waals surface area contributed by atoms with Crippen molar-refractivity contribution in [3.05, 3.63) is 33.9 Å². The maximum Gasteiger partial charge on any atom is 0.273 e. The summed E-state index contributed by atoms with van der Waals surface area (Å²) in [4.78, 5) is 22.0. The molecule has 2 rings (SSSR count). The number of hydrogen-bond acceptors (Lipinski definition) is 5. The predicted octanol–water partition coefficient (Wildman–Crippen LogP) is 0.972. The van der Waals surface area contributed by atoms with Gasteiger partial charge in [-0.1, -0.05) is 0 Å². The Morgan fingerprint density at radius 3 is 2.95 bits per heavy atom. The van der Waals surface area contributed by atoms with Crippen LogP contribution in [0.5, 0.6) is 5.75 Å². The molecular formula is C13H17N3O4. The van der Waals surface area contributed by atoms with E-state index in [-0.39, 0.29) is 17.6 Å². The number of rotatable bonds is 5. The van der Waals surface area contributed by atoms with E-state index in [4.69, 9.17) is 4.74 Å². The molecule has 1 aliphatic heterocycles. The van der Waals surface area contributed by atoms with Gasteiger partial charge in [-0.15, -0.1) is 0 Å². The molecule has 7 nitrogen and oxygen atoms in total. The summed E-state index contributed by atoms with van der Waals surface area (Å²) in [6.07, 6.45) is 1.71. The molecule has 1 heterocycles. The van der Waals surface area contributed by atoms with Gasteiger partial charge in [0.05, 0.1) is 24.1 Å². The summed E-state index contributed by atoms with van der Waals surface area (Å²) in [6.45, 7) is 1.10. The first-order chi connectivity index (χ1) is 9.60. The second-order valence-corrected chi connectivity index (χ2v) is 4.66. The molecule has 0 aliphatic carbocycles. The van der Waals surface area contributed by atoms with Gasteiger partial charge in [0.1, 0.15) is 5.75 Å². The normalized spacial score (nSPS) is 18.4. The van der Waals surface area contributed by atoms with E-state index in [0.717, 1.165) is 18.4 Å². The average molecular weight is 279 g/mol. The van der Waals surface area contributed by atoms with E-state index >= 15 is 0 Å². The molecule has 1 aliphatic rings. The summed E-state index contributed by atoms with van der Waals surface area (Å²) in [6, 6.07) is 4.34. The van der Waals surface area contributed by atoms with Crippen LogP contribution < -0.4 is 15.4 Å². The molecule has 1 aromatic carbocycles. The minimum atomic E-state index is -0.459. The Morgan fingerprint density at radius 2 is 2.30 bits per heavy atom. The molecule has 7 heteroatoms. The van der Waals surface area contributed by atoms with E-state index in [9.17, 15) is 14.9 Å². The lowest BCUT2D eigenvalue weighted by molar-refractivity contribution is -0.385. The van der Waals surface area contributed by atoms with Crippen LogP contribution in [0.1, 0.15) is 18.4 Å². The van der Waals surface area contributed by atoms with Crippen molar-refractivity contribution in [2.24, 2.45) is 0 Å². The second kappa shape index (κ2) is 6.33. The van der Waals surface area contributed by atoms with Crippen LogP contribution >= 0.6 is 0 Å². The molecule has 108 valence electrons. The number of carbonyl (C=O) groups excluding carboxylic acids is 1. The smallest absolute Gasteiger partial charge is 0.273 e. The summed E-state index contributed by atoms with van der Waals surface area (Å²) in [7, 11) is 1.46. The zero-order chi connectivity index (χ0) is 14.5. The van der Waals surface area contributed by atoms with Gasteiger partial charge in [-0.2, -0.15) is 0 Å². The number of amides is 1. The van der Waals surface area contributed by atoms with Crippen LogP contribution in [0.2, 0.25) is 0 Å². The van der Waals surface area contributed by atoms with Crippen LogP contribution in [0.15, 0.2) is 18.2 Å². The van der Waals surface area contributed by atoms with Gasteiger partial charge in [0, 0.05) is 19.2 Å². The van der Waals surface area contributed by atoms with Crippen molar-refractivity contribution < 1.29 is 14.5 Å². The van der Waals surface area contributed by atoms with E-state index in [0.29, 0.717) is 18.8 Å². The summed E-state index contributed by atoms with van der Waals surface area (Å²) in [5.74, 6) is 0.415. The molecule has 0 bridgehead atoms. The maximum absolute atomic E-state index is 11.6. The second-order valence-electron chi connectivity index (χ2n) is 4.66. The summed E-state index contributed by atoms with van der Waals surface area (Å²) < 4.78 is 5.05. The van der Waals surface area contributed by atoms with Crippen LogP contribution in [-0.2, 0) is 11.3 Å². The largest absolute Gasteiger partial charge is 0.496 e. The lowest BCUT2D eigenvalue weighted by atomic mass is 10.1. The van der Waals surface area contributed by atoms with E-state index in [1.165, 1.54) is 19.2 Å². The Morgan fingerprint density at radius 1 is 1.50 bits per heavy atom. The number of benzene rings is 1. The number of hydrogen-bond donors (Lipinski definition) is 2. The molecule has 1 unspecified atom stereocenters. The highest BCUT2D eigenvalue weighted by atomic mass is 16.6. The van der Waals surface area contributed by atoms with Crippen LogP contribution in [0.3, 0.4) is 0 Å². The van der Waals surface area contributed by atoms with Gasteiger partial charge in [0.25, 0.3) is 5.69 Å². The summed E-state index contributed by atoms with van der Waals surface area (Å²) in [5, 5.41) is 16.7. The Bertz CT molecular complexity index is 518. The molecule has 1 aromatic rings. The Hall–Kier alpha value is -2.15. The minimum Gasteiger partial charge on any atom is -0.496 e. The maximum atomic E-state index is 11.6. The predicted molar refractivity (Wildman–Crippen MR) is 72.5 cm³/mol. The molecule has 0 spiro atoms. The fraction of sp³-hybridized carbons (Fsp3) is 0.462. The van der Waals surface area contributed by atoms with Gasteiger partial charge in [-0.3, -0.25) is 14.9 Å². The number of nitrogens with zero attached hydrogens (tertiary/aromatic N) is 1. The standard InChI is InChI=1S/C13H17N3O4/c1-20-11-6-9(5-10(7-11)16(18)19)8-15-12-3-2-4-14-13(12)17/h5-7,12,15H,2-4,8H2,1H3,(H,14,17). The van der Waals surface area contributed by atoms with Crippen molar-refractivity contribution in [1.82, 2.24) is 10.6 Å². The van der Waals surface area contributed by atoms with Gasteiger partial charge < -0.3 is 15.4 Å². The van der Waals surface area contributed by atoms with Crippen LogP contribution in [0, 0.1) is 10.1 Å². The van der Waals surface area contributed by atoms with Crippen LogP contribution in [-0.4, -0.2) is 30.5 Å². The van der Waals surface area contributed by atoms with Gasteiger partial charge >= 0.3 is 0 Å². The number of piperidine rings is 1. The molecule has 0 saturated carbocycles. The Labute approximate surface area is 116 Å². The highest BCUT2D eigenvalue weighted by molar-refractivity contribution is 5.82. The van der Waals surface area contributed by atoms with Crippen molar-refractivity contribution in [3.8, 4) is 5.75 Å². The molecule has 1 fully saturated rings. The van der Waals surface area contributed by atoms with E-state index in [1.54, 1.807) is 6.07 Å². The Balaban J connectivity index is 2.06. The van der Waals surface area contributed by atoms with Gasteiger partial charge in [0.2, 0.25) is 5.91 Å². The van der Waals surface area contributed by atoms with Crippen LogP contribution in [0.25, 0.3) is 0 Å². The fourth-order valence-corrected chi connectivity index (χ4v) is 2.18. The first-order valence-electron chi connectivity index (χ1n) is 6.43. The van der Waals surface area contributed by atoms with Crippen molar-refractivity contribution in [2.75, 3.05) is 13.7 Å². The van der Waals surface area contributed by atoms with Crippen molar-refractivity contribution in [2.45, 2.75) is 25.4 Å². The van der Waals surface area contributed by atoms with Gasteiger partial charge in [-0.05, 0) is 24.5 Å². The minimum absolute atomic E-state index is 0.0192. The fourth-order valence-electron chi connectivity index (χ4n) is 2.18. The number of nitro benzene ring substituents is 1. The van der Waals surface area contributed by atoms with Crippen molar-refractivity contribution in [3.63, 3.8) is 0 Å². The summed E-state index contributed by atoms with van der Waals surface area (Å²) >= 11 is 0. The third-order valence-electron chi connectivity index (χ3n) is 3.24. The van der Waals surface area contributed by atoms with Crippen molar-refractivity contribution in [1.29, 1.82) is 0 Å². The highest BCUT2D eigenvalue weighted by Crippen LogP contribution is 2.22. The molecule has 2 N–H and O–H groups in total. The van der Waals surface area contributed by atoms with Crippen molar-refractivity contribution >= 4 is 11.6 Å². The van der Waals surface area contributed by atoms with Gasteiger partial charge in [-0.25, -0.2) is 0 Å². The number of non-ortho nitro benzene ring substituents is 1. The number of methoxy groups -OCH3 is 1. The zero-order valence-electron chi connectivity index (χ0n) is 11.2. The Kier molecular flexibility index (Phi) is 4.52. The average Bonchev–Trinajstić information content (AvgIpc) is 2.46. The number of ether oxygens (including phenoxy) is 1. The van der Waals surface area contributed by atoms with E-state index in [1.807, 2.05) is 0 Å². The number of nitro groups is 1. The van der Waals surface area contributed by atoms with Gasteiger partial charge in [0.15, 0.2) is 0 Å². The summed E-state index contributed by atoms with van der Waals surface area (Å²) in [5.41, 5.74) is 0.698. The quantitative estimate of drug-likeness (QED) is 0.619. The third-order valence-corrected chi connectivity index (χ3v) is 3.24. The first kappa shape index (κ1) is 14.3. The number of nitrogens with one attached hydrogen (secondary N) is 2. The third kappa shape index (κ3) is 3.45.